The Labute approximate surface area is 94.6 Å². The minimum atomic E-state index is -1.03. The van der Waals surface area contributed by atoms with Crippen molar-refractivity contribution < 1.29 is 19.4 Å². The summed E-state index contributed by atoms with van der Waals surface area (Å²) in [5, 5.41) is 11.2. The number of carbonyl (C=O) groups excluding carboxylic acids is 1. The van der Waals surface area contributed by atoms with Crippen LogP contribution in [0.4, 0.5) is 4.79 Å². The number of nitrogens with one attached hydrogen (secondary N) is 1. The van der Waals surface area contributed by atoms with Crippen molar-refractivity contribution >= 4 is 12.0 Å². The van der Waals surface area contributed by atoms with E-state index < -0.39 is 5.97 Å². The highest BCUT2D eigenvalue weighted by Gasteiger charge is 2.37. The fourth-order valence-electron chi connectivity index (χ4n) is 1.67. The molecule has 0 aromatic rings. The maximum absolute atomic E-state index is 11.5. The predicted octanol–water partition coefficient (Wildman–Crippen LogP) is 0.281. The number of hydrogen-bond donors (Lipinski definition) is 2. The van der Waals surface area contributed by atoms with Gasteiger partial charge in [-0.25, -0.2) is 4.79 Å². The summed E-state index contributed by atoms with van der Waals surface area (Å²) in [6, 6.07) is -0.384. The van der Waals surface area contributed by atoms with Gasteiger partial charge in [-0.05, 0) is 19.3 Å². The van der Waals surface area contributed by atoms with Crippen molar-refractivity contribution in [3.05, 3.63) is 0 Å². The van der Waals surface area contributed by atoms with E-state index in [-0.39, 0.29) is 18.2 Å². The summed E-state index contributed by atoms with van der Waals surface area (Å²) in [5.74, 6) is -1.03. The van der Waals surface area contributed by atoms with Gasteiger partial charge in [-0.15, -0.1) is 0 Å². The third-order valence-corrected chi connectivity index (χ3v) is 2.98. The molecule has 0 spiro atoms. The predicted molar refractivity (Wildman–Crippen MR) is 57.3 cm³/mol. The van der Waals surface area contributed by atoms with Crippen LogP contribution in [-0.2, 0) is 9.53 Å². The van der Waals surface area contributed by atoms with E-state index in [0.29, 0.717) is 6.54 Å². The van der Waals surface area contributed by atoms with E-state index >= 15 is 0 Å². The molecule has 0 aliphatic heterocycles. The number of urea groups is 1. The minimum absolute atomic E-state index is 0.236. The number of aliphatic carboxylic acids is 1. The monoisotopic (exact) mass is 230 g/mol. The van der Waals surface area contributed by atoms with E-state index in [9.17, 15) is 9.59 Å². The van der Waals surface area contributed by atoms with Crippen molar-refractivity contribution in [2.24, 2.45) is 0 Å². The van der Waals surface area contributed by atoms with E-state index in [4.69, 9.17) is 9.84 Å². The van der Waals surface area contributed by atoms with Crippen molar-refractivity contribution in [1.29, 1.82) is 0 Å². The smallest absolute Gasteiger partial charge is 0.323 e. The van der Waals surface area contributed by atoms with Gasteiger partial charge >= 0.3 is 12.0 Å². The van der Waals surface area contributed by atoms with Crippen LogP contribution >= 0.6 is 0 Å². The van der Waals surface area contributed by atoms with E-state index in [1.54, 1.807) is 7.11 Å². The Morgan fingerprint density at radius 3 is 2.50 bits per heavy atom. The van der Waals surface area contributed by atoms with E-state index in [1.807, 2.05) is 0 Å². The molecule has 0 saturated heterocycles. The number of carboxylic acids is 1. The Balaban J connectivity index is 2.31. The molecular weight excluding hydrogens is 212 g/mol. The molecule has 0 atom stereocenters. The number of amides is 2. The second-order valence-electron chi connectivity index (χ2n) is 4.15. The Hall–Kier alpha value is -1.30. The highest BCUT2D eigenvalue weighted by atomic mass is 16.5. The Morgan fingerprint density at radius 1 is 1.50 bits per heavy atom. The zero-order valence-electron chi connectivity index (χ0n) is 9.65. The second kappa shape index (κ2) is 5.16. The van der Waals surface area contributed by atoms with Crippen LogP contribution in [0.3, 0.4) is 0 Å². The van der Waals surface area contributed by atoms with Crippen molar-refractivity contribution in [2.75, 3.05) is 27.2 Å². The molecule has 0 heterocycles. The van der Waals surface area contributed by atoms with Gasteiger partial charge in [-0.3, -0.25) is 4.79 Å². The lowest BCUT2D eigenvalue weighted by Crippen LogP contribution is -2.52. The van der Waals surface area contributed by atoms with E-state index in [2.05, 4.69) is 5.32 Å². The third-order valence-electron chi connectivity index (χ3n) is 2.98. The standard InChI is InChI=1S/C10H18N2O4/c1-12(6-8(13)14)9(15)11-7-10(16-2)4-3-5-10/h3-7H2,1-2H3,(H,11,15)(H,13,14). The number of methoxy groups -OCH3 is 1. The summed E-state index contributed by atoms with van der Waals surface area (Å²) in [6.07, 6.45) is 2.98. The Bertz CT molecular complexity index is 270. The number of rotatable bonds is 5. The zero-order chi connectivity index (χ0) is 12.2. The van der Waals surface area contributed by atoms with Gasteiger partial charge in [0.25, 0.3) is 0 Å². The Kier molecular flexibility index (Phi) is 4.12. The van der Waals surface area contributed by atoms with Crippen molar-refractivity contribution in [3.63, 3.8) is 0 Å². The molecule has 1 fully saturated rings. The van der Waals surface area contributed by atoms with Gasteiger partial charge in [0.2, 0.25) is 0 Å². The van der Waals surface area contributed by atoms with Gasteiger partial charge in [0.05, 0.1) is 5.60 Å². The molecule has 1 aliphatic carbocycles. The molecule has 0 aromatic carbocycles. The average molecular weight is 230 g/mol. The molecule has 2 N–H and O–H groups in total. The third kappa shape index (κ3) is 3.10. The maximum atomic E-state index is 11.5. The second-order valence-corrected chi connectivity index (χ2v) is 4.15. The lowest BCUT2D eigenvalue weighted by Gasteiger charge is -2.40. The number of likely N-dealkylation sites (N-methyl/N-ethyl adjacent to an activating group) is 1. The topological polar surface area (TPSA) is 78.9 Å². The summed E-state index contributed by atoms with van der Waals surface area (Å²) in [6.45, 7) is 0.137. The van der Waals surface area contributed by atoms with Gasteiger partial charge in [0, 0.05) is 20.7 Å². The molecule has 16 heavy (non-hydrogen) atoms. The van der Waals surface area contributed by atoms with Crippen LogP contribution in [0.2, 0.25) is 0 Å². The number of carbonyl (C=O) groups is 2. The first-order valence-electron chi connectivity index (χ1n) is 5.25. The van der Waals surface area contributed by atoms with Gasteiger partial charge in [0.15, 0.2) is 0 Å². The lowest BCUT2D eigenvalue weighted by molar-refractivity contribution is -0.137. The van der Waals surface area contributed by atoms with E-state index in [0.717, 1.165) is 24.2 Å². The van der Waals surface area contributed by atoms with Gasteiger partial charge in [-0.2, -0.15) is 0 Å². The maximum Gasteiger partial charge on any atom is 0.323 e. The molecule has 0 radical (unpaired) electrons. The molecular formula is C10H18N2O4. The normalized spacial score (nSPS) is 17.4. The molecule has 1 rings (SSSR count). The Morgan fingerprint density at radius 2 is 2.12 bits per heavy atom. The molecule has 0 bridgehead atoms. The SMILES string of the molecule is COC1(CNC(=O)N(C)CC(=O)O)CCC1. The summed E-state index contributed by atoms with van der Waals surface area (Å²) in [7, 11) is 3.08. The molecule has 1 saturated carbocycles. The lowest BCUT2D eigenvalue weighted by atomic mass is 9.80. The molecule has 6 heteroatoms. The van der Waals surface area contributed by atoms with Crippen molar-refractivity contribution in [1.82, 2.24) is 10.2 Å². The highest BCUT2D eigenvalue weighted by Crippen LogP contribution is 2.34. The average Bonchev–Trinajstić information content (AvgIpc) is 2.15. The number of ether oxygens (including phenoxy) is 1. The first-order valence-corrected chi connectivity index (χ1v) is 5.25. The largest absolute Gasteiger partial charge is 0.480 e. The summed E-state index contributed by atoms with van der Waals surface area (Å²) >= 11 is 0. The van der Waals surface area contributed by atoms with Crippen LogP contribution in [-0.4, -0.2) is 54.9 Å². The first-order chi connectivity index (χ1) is 7.49. The number of carboxylic acid groups (broad SMARTS) is 1. The summed E-state index contributed by atoms with van der Waals surface area (Å²) in [4.78, 5) is 23.0. The first kappa shape index (κ1) is 12.8. The molecule has 1 aliphatic rings. The van der Waals surface area contributed by atoms with Gasteiger partial charge < -0.3 is 20.1 Å². The summed E-state index contributed by atoms with van der Waals surface area (Å²) in [5.41, 5.74) is -0.236. The van der Waals surface area contributed by atoms with Crippen LogP contribution in [0.5, 0.6) is 0 Å². The van der Waals surface area contributed by atoms with Crippen LogP contribution in [0.15, 0.2) is 0 Å². The molecule has 0 aromatic heterocycles. The highest BCUT2D eigenvalue weighted by molar-refractivity contribution is 5.79. The van der Waals surface area contributed by atoms with Crippen LogP contribution in [0.1, 0.15) is 19.3 Å². The van der Waals surface area contributed by atoms with Crippen LogP contribution in [0.25, 0.3) is 0 Å². The van der Waals surface area contributed by atoms with Gasteiger partial charge in [0.1, 0.15) is 6.54 Å². The fraction of sp³-hybridized carbons (Fsp3) is 0.800. The molecule has 6 nitrogen and oxygen atoms in total. The molecule has 2 amide bonds. The molecule has 0 unspecified atom stereocenters. The quantitative estimate of drug-likeness (QED) is 0.711. The van der Waals surface area contributed by atoms with Crippen molar-refractivity contribution in [2.45, 2.75) is 24.9 Å². The van der Waals surface area contributed by atoms with Crippen LogP contribution in [0, 0.1) is 0 Å². The fourth-order valence-corrected chi connectivity index (χ4v) is 1.67. The van der Waals surface area contributed by atoms with Gasteiger partial charge in [-0.1, -0.05) is 0 Å². The number of hydrogen-bond acceptors (Lipinski definition) is 3. The zero-order valence-corrected chi connectivity index (χ0v) is 9.65. The number of nitrogens with zero attached hydrogens (tertiary/aromatic N) is 1. The molecule has 92 valence electrons. The van der Waals surface area contributed by atoms with Crippen LogP contribution < -0.4 is 5.32 Å². The van der Waals surface area contributed by atoms with E-state index in [1.165, 1.54) is 7.05 Å². The minimum Gasteiger partial charge on any atom is -0.480 e. The summed E-state index contributed by atoms with van der Waals surface area (Å²) < 4.78 is 5.34. The van der Waals surface area contributed by atoms with Crippen molar-refractivity contribution in [3.8, 4) is 0 Å².